The molecule has 0 fully saturated rings. The molecule has 2 heteroatoms. The average molecular weight is 177 g/mol. The van der Waals surface area contributed by atoms with Crippen LogP contribution in [0, 0.1) is 0 Å². The summed E-state index contributed by atoms with van der Waals surface area (Å²) in [4.78, 5) is 0. The van der Waals surface area contributed by atoms with Gasteiger partial charge < -0.3 is 10.8 Å². The Labute approximate surface area is 78.7 Å². The van der Waals surface area contributed by atoms with Gasteiger partial charge in [-0.2, -0.15) is 0 Å². The normalized spacial score (nSPS) is 12.4. The molecular weight excluding hydrogens is 162 g/mol. The van der Waals surface area contributed by atoms with E-state index in [1.807, 2.05) is 12.1 Å². The summed E-state index contributed by atoms with van der Waals surface area (Å²) in [6, 6.07) is 7.06. The molecule has 0 saturated carbocycles. The van der Waals surface area contributed by atoms with E-state index in [1.54, 1.807) is 18.2 Å². The van der Waals surface area contributed by atoms with Crippen molar-refractivity contribution in [2.24, 2.45) is 5.73 Å². The molecule has 3 N–H and O–H groups in total. The fraction of sp³-hybridized carbons (Fsp3) is 0.273. The number of benzene rings is 1. The van der Waals surface area contributed by atoms with Gasteiger partial charge in [-0.15, -0.1) is 6.58 Å². The summed E-state index contributed by atoms with van der Waals surface area (Å²) in [6.07, 6.45) is 3.62. The Balaban J connectivity index is 2.65. The minimum absolute atomic E-state index is 0.00917. The maximum absolute atomic E-state index is 9.21. The fourth-order valence-corrected chi connectivity index (χ4v) is 1.22. The highest BCUT2D eigenvalue weighted by molar-refractivity contribution is 5.29. The molecule has 0 heterocycles. The van der Waals surface area contributed by atoms with Crippen LogP contribution in [0.4, 0.5) is 0 Å². The third-order valence-electron chi connectivity index (χ3n) is 1.98. The van der Waals surface area contributed by atoms with E-state index in [4.69, 9.17) is 5.73 Å². The number of allylic oxidation sites excluding steroid dienone is 1. The maximum atomic E-state index is 9.21. The number of hydrogen-bond acceptors (Lipinski definition) is 2. The minimum Gasteiger partial charge on any atom is -0.508 e. The van der Waals surface area contributed by atoms with Crippen molar-refractivity contribution in [1.82, 2.24) is 0 Å². The topological polar surface area (TPSA) is 46.2 Å². The fourth-order valence-electron chi connectivity index (χ4n) is 1.22. The third kappa shape index (κ3) is 2.92. The largest absolute Gasteiger partial charge is 0.508 e. The number of hydrogen-bond donors (Lipinski definition) is 2. The smallest absolute Gasteiger partial charge is 0.115 e. The van der Waals surface area contributed by atoms with Crippen molar-refractivity contribution >= 4 is 0 Å². The second kappa shape index (κ2) is 4.67. The van der Waals surface area contributed by atoms with Gasteiger partial charge in [0.25, 0.3) is 0 Å². The van der Waals surface area contributed by atoms with E-state index in [0.717, 1.165) is 18.4 Å². The molecule has 70 valence electrons. The maximum Gasteiger partial charge on any atom is 0.115 e. The molecule has 1 aromatic carbocycles. The highest BCUT2D eigenvalue weighted by atomic mass is 16.3. The molecular formula is C11H15NO. The van der Waals surface area contributed by atoms with Crippen molar-refractivity contribution in [2.45, 2.75) is 18.9 Å². The van der Waals surface area contributed by atoms with Crippen molar-refractivity contribution in [3.8, 4) is 5.75 Å². The van der Waals surface area contributed by atoms with E-state index in [9.17, 15) is 5.11 Å². The Morgan fingerprint density at radius 1 is 1.54 bits per heavy atom. The van der Waals surface area contributed by atoms with Crippen molar-refractivity contribution < 1.29 is 5.11 Å². The summed E-state index contributed by atoms with van der Waals surface area (Å²) in [7, 11) is 0. The van der Waals surface area contributed by atoms with Crippen LogP contribution in [0.2, 0.25) is 0 Å². The molecule has 1 atom stereocenters. The first-order valence-corrected chi connectivity index (χ1v) is 4.39. The summed E-state index contributed by atoms with van der Waals surface area (Å²) < 4.78 is 0. The number of phenolic OH excluding ortho intramolecular Hbond substituents is 1. The third-order valence-corrected chi connectivity index (χ3v) is 1.98. The van der Waals surface area contributed by atoms with Crippen LogP contribution >= 0.6 is 0 Å². The van der Waals surface area contributed by atoms with E-state index >= 15 is 0 Å². The second-order valence-corrected chi connectivity index (χ2v) is 3.07. The Kier molecular flexibility index (Phi) is 3.53. The summed E-state index contributed by atoms with van der Waals surface area (Å²) in [5.74, 6) is 0.270. The molecule has 0 aromatic heterocycles. The van der Waals surface area contributed by atoms with Crippen LogP contribution in [0.25, 0.3) is 0 Å². The lowest BCUT2D eigenvalue weighted by molar-refractivity contribution is 0.473. The first kappa shape index (κ1) is 9.81. The molecule has 0 spiro atoms. The van der Waals surface area contributed by atoms with Crippen LogP contribution in [0.15, 0.2) is 36.9 Å². The monoisotopic (exact) mass is 177 g/mol. The number of phenols is 1. The van der Waals surface area contributed by atoms with Crippen LogP contribution in [-0.4, -0.2) is 5.11 Å². The van der Waals surface area contributed by atoms with Crippen LogP contribution < -0.4 is 5.73 Å². The van der Waals surface area contributed by atoms with Crippen molar-refractivity contribution in [1.29, 1.82) is 0 Å². The van der Waals surface area contributed by atoms with Gasteiger partial charge in [0.1, 0.15) is 5.75 Å². The van der Waals surface area contributed by atoms with Crippen LogP contribution in [-0.2, 0) is 0 Å². The van der Waals surface area contributed by atoms with Gasteiger partial charge in [-0.05, 0) is 30.5 Å². The van der Waals surface area contributed by atoms with Gasteiger partial charge in [-0.25, -0.2) is 0 Å². The van der Waals surface area contributed by atoms with Gasteiger partial charge in [0.2, 0.25) is 0 Å². The summed E-state index contributed by atoms with van der Waals surface area (Å²) >= 11 is 0. The van der Waals surface area contributed by atoms with Crippen LogP contribution in [0.5, 0.6) is 5.75 Å². The summed E-state index contributed by atoms with van der Waals surface area (Å²) in [5.41, 5.74) is 6.86. The molecule has 0 saturated heterocycles. The number of aromatic hydroxyl groups is 1. The molecule has 0 amide bonds. The Hall–Kier alpha value is -1.28. The minimum atomic E-state index is -0.00917. The second-order valence-electron chi connectivity index (χ2n) is 3.07. The van der Waals surface area contributed by atoms with E-state index in [0.29, 0.717) is 0 Å². The lowest BCUT2D eigenvalue weighted by Crippen LogP contribution is -2.09. The summed E-state index contributed by atoms with van der Waals surface area (Å²) in [5, 5.41) is 9.21. The molecule has 0 radical (unpaired) electrons. The molecule has 1 aromatic rings. The number of nitrogens with two attached hydrogens (primary N) is 1. The Morgan fingerprint density at radius 2 is 2.31 bits per heavy atom. The van der Waals surface area contributed by atoms with Gasteiger partial charge in [-0.1, -0.05) is 18.2 Å². The molecule has 1 rings (SSSR count). The predicted octanol–water partition coefficient (Wildman–Crippen LogP) is 2.36. The molecule has 13 heavy (non-hydrogen) atoms. The zero-order valence-corrected chi connectivity index (χ0v) is 7.61. The van der Waals surface area contributed by atoms with E-state index in [-0.39, 0.29) is 11.8 Å². The zero-order valence-electron chi connectivity index (χ0n) is 7.61. The van der Waals surface area contributed by atoms with E-state index < -0.39 is 0 Å². The van der Waals surface area contributed by atoms with Crippen molar-refractivity contribution in [3.63, 3.8) is 0 Å². The van der Waals surface area contributed by atoms with Gasteiger partial charge in [0.15, 0.2) is 0 Å². The average Bonchev–Trinajstić information content (AvgIpc) is 2.14. The SMILES string of the molecule is C=CCC[C@H](N)c1cccc(O)c1. The lowest BCUT2D eigenvalue weighted by atomic mass is 10.0. The molecule has 0 aliphatic rings. The van der Waals surface area contributed by atoms with Gasteiger partial charge in [0.05, 0.1) is 0 Å². The molecule has 0 aliphatic heterocycles. The standard InChI is InChI=1S/C11H15NO/c1-2-3-7-11(12)9-5-4-6-10(13)8-9/h2,4-6,8,11,13H,1,3,7,12H2/t11-/m0/s1. The zero-order chi connectivity index (χ0) is 9.68. The van der Waals surface area contributed by atoms with Crippen molar-refractivity contribution in [2.75, 3.05) is 0 Å². The highest BCUT2D eigenvalue weighted by Crippen LogP contribution is 2.19. The Bertz CT molecular complexity index is 283. The van der Waals surface area contributed by atoms with Crippen LogP contribution in [0.1, 0.15) is 24.4 Å². The van der Waals surface area contributed by atoms with E-state index in [1.165, 1.54) is 0 Å². The first-order chi connectivity index (χ1) is 6.24. The van der Waals surface area contributed by atoms with Gasteiger partial charge in [-0.3, -0.25) is 0 Å². The van der Waals surface area contributed by atoms with Crippen LogP contribution in [0.3, 0.4) is 0 Å². The quantitative estimate of drug-likeness (QED) is 0.693. The Morgan fingerprint density at radius 3 is 2.92 bits per heavy atom. The van der Waals surface area contributed by atoms with E-state index in [2.05, 4.69) is 6.58 Å². The first-order valence-electron chi connectivity index (χ1n) is 4.39. The molecule has 2 nitrogen and oxygen atoms in total. The molecule has 0 aliphatic carbocycles. The number of rotatable bonds is 4. The summed E-state index contributed by atoms with van der Waals surface area (Å²) in [6.45, 7) is 3.64. The van der Waals surface area contributed by atoms with Gasteiger partial charge >= 0.3 is 0 Å². The molecule has 0 bridgehead atoms. The highest BCUT2D eigenvalue weighted by Gasteiger charge is 2.04. The molecule has 0 unspecified atom stereocenters. The van der Waals surface area contributed by atoms with Crippen molar-refractivity contribution in [3.05, 3.63) is 42.5 Å². The van der Waals surface area contributed by atoms with Gasteiger partial charge in [0, 0.05) is 6.04 Å². The lowest BCUT2D eigenvalue weighted by Gasteiger charge is -2.10. The predicted molar refractivity (Wildman–Crippen MR) is 54.5 cm³/mol.